The minimum absolute atomic E-state index is 0.0772. The summed E-state index contributed by atoms with van der Waals surface area (Å²) in [6.07, 6.45) is 1.13. The quantitative estimate of drug-likeness (QED) is 0.478. The maximum absolute atomic E-state index is 10.9. The van der Waals surface area contributed by atoms with Crippen molar-refractivity contribution in [2.45, 2.75) is 12.5 Å². The van der Waals surface area contributed by atoms with E-state index in [-0.39, 0.29) is 24.0 Å². The highest BCUT2D eigenvalue weighted by molar-refractivity contribution is 5.57. The summed E-state index contributed by atoms with van der Waals surface area (Å²) in [6, 6.07) is 0. The number of hydrogen-bond donors (Lipinski definition) is 3. The zero-order valence-electron chi connectivity index (χ0n) is 12.0. The third-order valence-corrected chi connectivity index (χ3v) is 2.48. The second kappa shape index (κ2) is 6.44. The van der Waals surface area contributed by atoms with Crippen molar-refractivity contribution in [3.8, 4) is 0 Å². The third kappa shape index (κ3) is 4.59. The predicted molar refractivity (Wildman–Crippen MR) is 75.9 cm³/mol. The van der Waals surface area contributed by atoms with Crippen LogP contribution in [0.15, 0.2) is 6.20 Å². The standard InChI is InChI=1S/C11H20N6O3/c1-11(18,7-16(3)4)6-14-9-8(17(19)20)5-13-10(12-2)15-9/h5,18H,6-7H2,1-4H3,(H2,12,13,14,15). The molecule has 0 aliphatic rings. The summed E-state index contributed by atoms with van der Waals surface area (Å²) in [4.78, 5) is 20.0. The highest BCUT2D eigenvalue weighted by Gasteiger charge is 2.24. The average molecular weight is 284 g/mol. The number of likely N-dealkylation sites (N-methyl/N-ethyl adjacent to an activating group) is 1. The van der Waals surface area contributed by atoms with Crippen LogP contribution in [0, 0.1) is 10.1 Å². The van der Waals surface area contributed by atoms with Crippen molar-refractivity contribution in [3.05, 3.63) is 16.3 Å². The van der Waals surface area contributed by atoms with Gasteiger partial charge in [0.05, 0.1) is 10.5 Å². The molecule has 1 atom stereocenters. The minimum Gasteiger partial charge on any atom is -0.387 e. The normalized spacial score (nSPS) is 13.9. The number of anilines is 2. The van der Waals surface area contributed by atoms with Crippen LogP contribution in [0.1, 0.15) is 6.92 Å². The topological polar surface area (TPSA) is 116 Å². The molecule has 1 aromatic heterocycles. The van der Waals surface area contributed by atoms with Gasteiger partial charge in [-0.1, -0.05) is 0 Å². The van der Waals surface area contributed by atoms with E-state index in [4.69, 9.17) is 0 Å². The summed E-state index contributed by atoms with van der Waals surface area (Å²) in [5, 5.41) is 26.6. The first-order valence-corrected chi connectivity index (χ1v) is 6.05. The maximum atomic E-state index is 10.9. The van der Waals surface area contributed by atoms with Crippen LogP contribution < -0.4 is 10.6 Å². The lowest BCUT2D eigenvalue weighted by Crippen LogP contribution is -2.43. The van der Waals surface area contributed by atoms with E-state index >= 15 is 0 Å². The number of nitrogens with one attached hydrogen (secondary N) is 2. The molecule has 9 nitrogen and oxygen atoms in total. The Morgan fingerprint density at radius 1 is 1.55 bits per heavy atom. The van der Waals surface area contributed by atoms with E-state index < -0.39 is 10.5 Å². The molecule has 0 saturated heterocycles. The van der Waals surface area contributed by atoms with Gasteiger partial charge in [-0.25, -0.2) is 4.98 Å². The highest BCUT2D eigenvalue weighted by Crippen LogP contribution is 2.22. The van der Waals surface area contributed by atoms with Gasteiger partial charge in [0.25, 0.3) is 0 Å². The summed E-state index contributed by atoms with van der Waals surface area (Å²) in [5.74, 6) is 0.346. The highest BCUT2D eigenvalue weighted by atomic mass is 16.6. The Balaban J connectivity index is 2.87. The van der Waals surface area contributed by atoms with Crippen molar-refractivity contribution < 1.29 is 10.0 Å². The zero-order chi connectivity index (χ0) is 15.3. The molecule has 0 amide bonds. The summed E-state index contributed by atoms with van der Waals surface area (Å²) in [7, 11) is 5.29. The molecule has 20 heavy (non-hydrogen) atoms. The Labute approximate surface area is 117 Å². The van der Waals surface area contributed by atoms with E-state index in [1.165, 1.54) is 0 Å². The predicted octanol–water partition coefficient (Wildman–Crippen LogP) is 0.151. The maximum Gasteiger partial charge on any atom is 0.329 e. The van der Waals surface area contributed by atoms with Crippen molar-refractivity contribution in [1.82, 2.24) is 14.9 Å². The van der Waals surface area contributed by atoms with Crippen LogP contribution in [-0.2, 0) is 0 Å². The zero-order valence-corrected chi connectivity index (χ0v) is 12.0. The van der Waals surface area contributed by atoms with Gasteiger partial charge in [-0.3, -0.25) is 10.1 Å². The SMILES string of the molecule is CNc1ncc([N+](=O)[O-])c(NCC(C)(O)CN(C)C)n1. The first-order chi connectivity index (χ1) is 9.25. The molecule has 0 radical (unpaired) electrons. The largest absolute Gasteiger partial charge is 0.387 e. The monoisotopic (exact) mass is 284 g/mol. The van der Waals surface area contributed by atoms with Crippen molar-refractivity contribution >= 4 is 17.5 Å². The molecule has 1 unspecified atom stereocenters. The fourth-order valence-electron chi connectivity index (χ4n) is 1.77. The van der Waals surface area contributed by atoms with E-state index in [2.05, 4.69) is 20.6 Å². The lowest BCUT2D eigenvalue weighted by Gasteiger charge is -2.27. The van der Waals surface area contributed by atoms with Crippen molar-refractivity contribution in [3.63, 3.8) is 0 Å². The second-order valence-corrected chi connectivity index (χ2v) is 5.02. The fraction of sp³-hybridized carbons (Fsp3) is 0.636. The minimum atomic E-state index is -1.04. The molecule has 9 heteroatoms. The van der Waals surface area contributed by atoms with Crippen LogP contribution in [0.3, 0.4) is 0 Å². The van der Waals surface area contributed by atoms with Gasteiger partial charge >= 0.3 is 5.69 Å². The van der Waals surface area contributed by atoms with Gasteiger partial charge in [-0.05, 0) is 21.0 Å². The summed E-state index contributed by atoms with van der Waals surface area (Å²) in [6.45, 7) is 2.19. The van der Waals surface area contributed by atoms with Crippen LogP contribution in [0.5, 0.6) is 0 Å². The Bertz CT molecular complexity index is 477. The van der Waals surface area contributed by atoms with Gasteiger partial charge in [-0.15, -0.1) is 0 Å². The molecular formula is C11H20N6O3. The van der Waals surface area contributed by atoms with Crippen molar-refractivity contribution in [1.29, 1.82) is 0 Å². The van der Waals surface area contributed by atoms with Crippen LogP contribution >= 0.6 is 0 Å². The number of nitro groups is 1. The molecule has 0 bridgehead atoms. The van der Waals surface area contributed by atoms with E-state index in [1.54, 1.807) is 14.0 Å². The summed E-state index contributed by atoms with van der Waals surface area (Å²) < 4.78 is 0. The molecule has 0 spiro atoms. The smallest absolute Gasteiger partial charge is 0.329 e. The van der Waals surface area contributed by atoms with Gasteiger partial charge < -0.3 is 20.6 Å². The number of aliphatic hydroxyl groups is 1. The van der Waals surface area contributed by atoms with Crippen molar-refractivity contribution in [2.24, 2.45) is 0 Å². The van der Waals surface area contributed by atoms with Gasteiger partial charge in [0.15, 0.2) is 0 Å². The molecule has 0 aliphatic carbocycles. The Morgan fingerprint density at radius 2 is 2.20 bits per heavy atom. The number of rotatable bonds is 7. The van der Waals surface area contributed by atoms with Crippen molar-refractivity contribution in [2.75, 3.05) is 44.9 Å². The van der Waals surface area contributed by atoms with E-state index in [0.29, 0.717) is 6.54 Å². The molecule has 112 valence electrons. The average Bonchev–Trinajstić information content (AvgIpc) is 2.34. The van der Waals surface area contributed by atoms with E-state index in [9.17, 15) is 15.2 Å². The van der Waals surface area contributed by atoms with Gasteiger partial charge in [0.2, 0.25) is 11.8 Å². The van der Waals surface area contributed by atoms with E-state index in [0.717, 1.165) is 6.20 Å². The van der Waals surface area contributed by atoms with Crippen LogP contribution in [-0.4, -0.2) is 64.7 Å². The Kier molecular flexibility index (Phi) is 5.17. The van der Waals surface area contributed by atoms with Crippen LogP contribution in [0.2, 0.25) is 0 Å². The molecule has 1 aromatic rings. The molecule has 3 N–H and O–H groups in total. The first-order valence-electron chi connectivity index (χ1n) is 6.05. The Morgan fingerprint density at radius 3 is 2.70 bits per heavy atom. The number of hydrogen-bond acceptors (Lipinski definition) is 8. The summed E-state index contributed by atoms with van der Waals surface area (Å²) in [5.41, 5.74) is -1.27. The summed E-state index contributed by atoms with van der Waals surface area (Å²) >= 11 is 0. The fourth-order valence-corrected chi connectivity index (χ4v) is 1.77. The van der Waals surface area contributed by atoms with Gasteiger partial charge in [0.1, 0.15) is 6.20 Å². The van der Waals surface area contributed by atoms with Gasteiger partial charge in [-0.2, -0.15) is 4.98 Å². The first kappa shape index (κ1) is 16.1. The lowest BCUT2D eigenvalue weighted by atomic mass is 10.1. The Hall–Kier alpha value is -2.00. The molecule has 1 heterocycles. The van der Waals surface area contributed by atoms with Crippen LogP contribution in [0.4, 0.5) is 17.5 Å². The molecular weight excluding hydrogens is 264 g/mol. The molecule has 1 rings (SSSR count). The van der Waals surface area contributed by atoms with Gasteiger partial charge in [0, 0.05) is 20.1 Å². The second-order valence-electron chi connectivity index (χ2n) is 5.02. The molecule has 0 aromatic carbocycles. The molecule has 0 saturated carbocycles. The molecule has 0 fully saturated rings. The van der Waals surface area contributed by atoms with Crippen LogP contribution in [0.25, 0.3) is 0 Å². The number of nitrogens with zero attached hydrogens (tertiary/aromatic N) is 4. The third-order valence-electron chi connectivity index (χ3n) is 2.48. The number of aromatic nitrogens is 2. The van der Waals surface area contributed by atoms with E-state index in [1.807, 2.05) is 19.0 Å². The molecule has 0 aliphatic heterocycles. The lowest BCUT2D eigenvalue weighted by molar-refractivity contribution is -0.384.